The molecule has 0 N–H and O–H groups in total. The second kappa shape index (κ2) is 7.82. The van der Waals surface area contributed by atoms with Crippen LogP contribution in [0.5, 0.6) is 0 Å². The third-order valence-electron chi connectivity index (χ3n) is 6.30. The van der Waals surface area contributed by atoms with Gasteiger partial charge in [-0.3, -0.25) is 4.79 Å². The van der Waals surface area contributed by atoms with Crippen LogP contribution in [0.15, 0.2) is 59.5 Å². The van der Waals surface area contributed by atoms with Gasteiger partial charge in [0.1, 0.15) is 0 Å². The molecule has 6 heteroatoms. The first kappa shape index (κ1) is 20.0. The van der Waals surface area contributed by atoms with Crippen LogP contribution in [-0.4, -0.2) is 50.2 Å². The fourth-order valence-electron chi connectivity index (χ4n) is 4.65. The summed E-state index contributed by atoms with van der Waals surface area (Å²) in [5.41, 5.74) is 2.37. The van der Waals surface area contributed by atoms with E-state index in [9.17, 15) is 13.2 Å². The van der Waals surface area contributed by atoms with Gasteiger partial charge in [-0.1, -0.05) is 43.2 Å². The van der Waals surface area contributed by atoms with Crippen molar-refractivity contribution in [1.82, 2.24) is 4.90 Å². The zero-order valence-corrected chi connectivity index (χ0v) is 17.7. The highest BCUT2D eigenvalue weighted by Crippen LogP contribution is 2.42. The number of sulfone groups is 1. The van der Waals surface area contributed by atoms with Crippen LogP contribution in [0.2, 0.25) is 0 Å². The molecule has 0 atom stereocenters. The number of piperazine rings is 1. The lowest BCUT2D eigenvalue weighted by Gasteiger charge is -2.40. The largest absolute Gasteiger partial charge is 0.368 e. The average Bonchev–Trinajstić information content (AvgIpc) is 3.26. The van der Waals surface area contributed by atoms with E-state index in [1.807, 2.05) is 6.07 Å². The Hall–Kier alpha value is -2.34. The summed E-state index contributed by atoms with van der Waals surface area (Å²) in [5.74, 6) is -0.206. The van der Waals surface area contributed by atoms with Gasteiger partial charge < -0.3 is 9.80 Å². The summed E-state index contributed by atoms with van der Waals surface area (Å²) in [6.45, 7) is 4.62. The summed E-state index contributed by atoms with van der Waals surface area (Å²) in [7, 11) is -3.73. The third kappa shape index (κ3) is 3.54. The third-order valence-corrected chi connectivity index (χ3v) is 8.81. The Morgan fingerprint density at radius 1 is 0.897 bits per heavy atom. The van der Waals surface area contributed by atoms with E-state index in [0.29, 0.717) is 25.9 Å². The van der Waals surface area contributed by atoms with E-state index in [4.69, 9.17) is 0 Å². The Morgan fingerprint density at radius 2 is 1.55 bits per heavy atom. The quantitative estimate of drug-likeness (QED) is 0.772. The predicted molar refractivity (Wildman–Crippen MR) is 115 cm³/mol. The summed E-state index contributed by atoms with van der Waals surface area (Å²) in [6.07, 6.45) is 2.39. The molecule has 0 unspecified atom stereocenters. The van der Waals surface area contributed by atoms with Crippen LogP contribution >= 0.6 is 0 Å². The van der Waals surface area contributed by atoms with Crippen LogP contribution in [0.4, 0.5) is 5.69 Å². The van der Waals surface area contributed by atoms with Crippen molar-refractivity contribution in [3.05, 3.63) is 60.2 Å². The number of hydrogen-bond donors (Lipinski definition) is 0. The van der Waals surface area contributed by atoms with Crippen LogP contribution < -0.4 is 4.90 Å². The minimum atomic E-state index is -3.73. The number of hydrogen-bond acceptors (Lipinski definition) is 4. The lowest BCUT2D eigenvalue weighted by atomic mass is 10.0. The highest BCUT2D eigenvalue weighted by atomic mass is 32.2. The minimum absolute atomic E-state index is 0.206. The highest BCUT2D eigenvalue weighted by molar-refractivity contribution is 7.93. The molecule has 154 valence electrons. The second-order valence-corrected chi connectivity index (χ2v) is 10.4. The Labute approximate surface area is 173 Å². The van der Waals surface area contributed by atoms with Crippen molar-refractivity contribution in [3.63, 3.8) is 0 Å². The van der Waals surface area contributed by atoms with Gasteiger partial charge in [-0.2, -0.15) is 0 Å². The molecule has 0 spiro atoms. The van der Waals surface area contributed by atoms with E-state index < -0.39 is 14.6 Å². The molecular formula is C23H28N2O3S. The van der Waals surface area contributed by atoms with Gasteiger partial charge in [-0.25, -0.2) is 8.42 Å². The van der Waals surface area contributed by atoms with Crippen LogP contribution in [-0.2, 0) is 14.6 Å². The number of amides is 1. The number of carbonyl (C=O) groups is 1. The molecule has 1 heterocycles. The molecule has 4 rings (SSSR count). The smallest absolute Gasteiger partial charge is 0.244 e. The van der Waals surface area contributed by atoms with Crippen LogP contribution in [0.1, 0.15) is 31.2 Å². The van der Waals surface area contributed by atoms with Gasteiger partial charge in [-0.15, -0.1) is 0 Å². The molecule has 0 aromatic heterocycles. The normalized spacial score (nSPS) is 19.3. The summed E-state index contributed by atoms with van der Waals surface area (Å²) in [6, 6.07) is 16.8. The number of benzene rings is 2. The Kier molecular flexibility index (Phi) is 5.38. The minimum Gasteiger partial charge on any atom is -0.368 e. The molecule has 2 aromatic rings. The molecule has 2 fully saturated rings. The fourth-order valence-corrected chi connectivity index (χ4v) is 6.80. The van der Waals surface area contributed by atoms with Gasteiger partial charge >= 0.3 is 0 Å². The Morgan fingerprint density at radius 3 is 2.17 bits per heavy atom. The number of aryl methyl sites for hydroxylation is 1. The average molecular weight is 413 g/mol. The van der Waals surface area contributed by atoms with Crippen LogP contribution in [0.3, 0.4) is 0 Å². The fraction of sp³-hybridized carbons (Fsp3) is 0.435. The molecule has 5 nitrogen and oxygen atoms in total. The highest BCUT2D eigenvalue weighted by Gasteiger charge is 2.54. The molecule has 2 aromatic carbocycles. The number of anilines is 1. The van der Waals surface area contributed by atoms with Crippen LogP contribution in [0.25, 0.3) is 0 Å². The Balaban J connectivity index is 1.55. The van der Waals surface area contributed by atoms with Crippen molar-refractivity contribution in [2.45, 2.75) is 42.2 Å². The molecule has 1 saturated carbocycles. The molecule has 1 saturated heterocycles. The van der Waals surface area contributed by atoms with E-state index in [-0.39, 0.29) is 10.8 Å². The Bertz CT molecular complexity index is 974. The molecule has 1 amide bonds. The van der Waals surface area contributed by atoms with Gasteiger partial charge in [0.05, 0.1) is 4.90 Å². The summed E-state index contributed by atoms with van der Waals surface area (Å²) >= 11 is 0. The van der Waals surface area contributed by atoms with Crippen LogP contribution in [0, 0.1) is 6.92 Å². The van der Waals surface area contributed by atoms with E-state index in [2.05, 4.69) is 30.0 Å². The number of nitrogens with zero attached hydrogens (tertiary/aromatic N) is 2. The SMILES string of the molecule is Cc1cccc(N2CCN(C(=O)C3(S(=O)(=O)c4ccccc4)CCCC3)CC2)c1. The molecule has 29 heavy (non-hydrogen) atoms. The number of carbonyl (C=O) groups excluding carboxylic acids is 1. The maximum absolute atomic E-state index is 13.6. The van der Waals surface area contributed by atoms with E-state index in [0.717, 1.165) is 31.6 Å². The monoisotopic (exact) mass is 412 g/mol. The van der Waals surface area contributed by atoms with Gasteiger partial charge in [0.25, 0.3) is 0 Å². The zero-order valence-electron chi connectivity index (χ0n) is 16.9. The first-order valence-corrected chi connectivity index (χ1v) is 11.8. The van der Waals surface area contributed by atoms with Crippen molar-refractivity contribution < 1.29 is 13.2 Å². The van der Waals surface area contributed by atoms with Crippen molar-refractivity contribution in [2.75, 3.05) is 31.1 Å². The van der Waals surface area contributed by atoms with Crippen molar-refractivity contribution >= 4 is 21.4 Å². The first-order valence-electron chi connectivity index (χ1n) is 10.3. The van der Waals surface area contributed by atoms with E-state index in [1.54, 1.807) is 35.2 Å². The molecule has 1 aliphatic heterocycles. The predicted octanol–water partition coefficient (Wildman–Crippen LogP) is 3.43. The maximum atomic E-state index is 13.6. The topological polar surface area (TPSA) is 57.7 Å². The molecular weight excluding hydrogens is 384 g/mol. The van der Waals surface area contributed by atoms with Crippen molar-refractivity contribution in [3.8, 4) is 0 Å². The first-order chi connectivity index (χ1) is 13.9. The van der Waals surface area contributed by atoms with Gasteiger partial charge in [0, 0.05) is 31.9 Å². The lowest BCUT2D eigenvalue weighted by Crippen LogP contribution is -2.57. The van der Waals surface area contributed by atoms with Crippen molar-refractivity contribution in [1.29, 1.82) is 0 Å². The van der Waals surface area contributed by atoms with Gasteiger partial charge in [0.15, 0.2) is 14.6 Å². The maximum Gasteiger partial charge on any atom is 0.244 e. The van der Waals surface area contributed by atoms with Crippen molar-refractivity contribution in [2.24, 2.45) is 0 Å². The standard InChI is InChI=1S/C23H28N2O3S/c1-19-8-7-9-20(18-19)24-14-16-25(17-15-24)22(26)23(12-5-6-13-23)29(27,28)21-10-3-2-4-11-21/h2-4,7-11,18H,5-6,12-17H2,1H3. The molecule has 0 radical (unpaired) electrons. The number of rotatable bonds is 4. The lowest BCUT2D eigenvalue weighted by molar-refractivity contribution is -0.134. The summed E-state index contributed by atoms with van der Waals surface area (Å²) in [5, 5.41) is 0. The van der Waals surface area contributed by atoms with Gasteiger partial charge in [-0.05, 0) is 49.6 Å². The zero-order chi connectivity index (χ0) is 20.5. The van der Waals surface area contributed by atoms with E-state index in [1.165, 1.54) is 5.56 Å². The molecule has 1 aliphatic carbocycles. The van der Waals surface area contributed by atoms with E-state index >= 15 is 0 Å². The van der Waals surface area contributed by atoms with Gasteiger partial charge in [0.2, 0.25) is 5.91 Å². The molecule has 2 aliphatic rings. The summed E-state index contributed by atoms with van der Waals surface area (Å²) < 4.78 is 25.7. The summed E-state index contributed by atoms with van der Waals surface area (Å²) in [4.78, 5) is 17.9. The molecule has 0 bridgehead atoms. The second-order valence-electron chi connectivity index (χ2n) is 8.14.